The minimum atomic E-state index is -2.22. The summed E-state index contributed by atoms with van der Waals surface area (Å²) in [6.45, 7) is 29.2. The van der Waals surface area contributed by atoms with Crippen molar-refractivity contribution in [2.75, 3.05) is 71.9 Å². The van der Waals surface area contributed by atoms with Gasteiger partial charge < -0.3 is 47.4 Å². The number of carbonyl (C=O) groups excluding carboxylic acids is 6. The number of anilines is 8. The van der Waals surface area contributed by atoms with Crippen LogP contribution in [0.15, 0.2) is 73.3 Å². The fourth-order valence-corrected chi connectivity index (χ4v) is 11.1. The first kappa shape index (κ1) is 86.0. The van der Waals surface area contributed by atoms with Crippen LogP contribution in [0.2, 0.25) is 38.2 Å². The Kier molecular flexibility index (Phi) is 27.9. The summed E-state index contributed by atoms with van der Waals surface area (Å²) in [4.78, 5) is 128. The lowest BCUT2D eigenvalue weighted by Gasteiger charge is -2.36. The van der Waals surface area contributed by atoms with Crippen LogP contribution < -0.4 is 48.3 Å². The summed E-state index contributed by atoms with van der Waals surface area (Å²) in [6, 6.07) is 11.0. The van der Waals surface area contributed by atoms with Crippen molar-refractivity contribution >= 4 is 149 Å². The van der Waals surface area contributed by atoms with Crippen molar-refractivity contribution in [2.24, 2.45) is 0 Å². The van der Waals surface area contributed by atoms with Crippen molar-refractivity contribution in [3.63, 3.8) is 0 Å². The first-order chi connectivity index (χ1) is 48.4. The van der Waals surface area contributed by atoms with E-state index in [-0.39, 0.29) is 106 Å². The Bertz CT molecular complexity index is 4220. The fraction of sp³-hybridized carbons (Fsp3) is 0.441. The SMILES string of the molecule is COc1cc(OC)c(Cl)c(N(C(=O)OC(C)(C)C)C(=O)N(C)c2cc(N(C(=O)OC(C)(C)C)c3ccc(CO)cc3[N+](=O)[O-])ncn2)c1Cl.COc1cc(OC)c(Cl)c(N(C(=O)OC(C)(C)C)C(=O)N(C)c2cc(N(C(=O)OC(C)(C)C)c3ccc(CO[Si](C)(C)C(C)(C)C)cc3[N+](=O)[O-])ncn2)c1Cl. The third-order valence-corrected chi connectivity index (χ3v) is 20.7. The Labute approximate surface area is 628 Å². The molecule has 0 aliphatic carbocycles. The van der Waals surface area contributed by atoms with Gasteiger partial charge in [-0.25, -0.2) is 58.5 Å². The lowest BCUT2D eigenvalue weighted by molar-refractivity contribution is -0.384. The van der Waals surface area contributed by atoms with E-state index in [2.05, 4.69) is 53.8 Å². The highest BCUT2D eigenvalue weighted by molar-refractivity contribution is 6.74. The number of benzene rings is 4. The molecule has 37 heteroatoms. The summed E-state index contributed by atoms with van der Waals surface area (Å²) in [5.41, 5.74) is -5.57. The van der Waals surface area contributed by atoms with E-state index in [1.807, 2.05) is 0 Å². The molecule has 0 aliphatic rings. The number of aromatic nitrogens is 4. The first-order valence-corrected chi connectivity index (χ1v) is 36.1. The van der Waals surface area contributed by atoms with Gasteiger partial charge in [0.05, 0.1) is 51.5 Å². The Morgan fingerprint density at radius 3 is 1.05 bits per heavy atom. The molecule has 4 aromatic carbocycles. The van der Waals surface area contributed by atoms with Crippen molar-refractivity contribution in [3.8, 4) is 23.0 Å². The highest BCUT2D eigenvalue weighted by Crippen LogP contribution is 2.50. The molecular weight excluding hydrogens is 1470 g/mol. The molecule has 0 saturated heterocycles. The lowest BCUT2D eigenvalue weighted by Crippen LogP contribution is -2.48. The third-order valence-electron chi connectivity index (χ3n) is 14.8. The Morgan fingerprint density at radius 1 is 0.467 bits per heavy atom. The summed E-state index contributed by atoms with van der Waals surface area (Å²) in [5, 5.41) is 33.3. The van der Waals surface area contributed by atoms with E-state index in [0.29, 0.717) is 15.4 Å². The van der Waals surface area contributed by atoms with Gasteiger partial charge in [0, 0.05) is 50.5 Å². The molecule has 570 valence electrons. The number of rotatable bonds is 18. The average molecular weight is 1560 g/mol. The standard InChI is InChI=1S/C37H50Cl2N6O10Si.C31H36Cl2N6O10/c1-35(2,3)54-33(47)43(23-16-15-22(17-24(23)45(49)50)20-53-56(13,14)37(7,8)9)28-19-27(40-21-41-28)42(10)32(46)44(34(48)55-36(4,5)6)31-29(38)25(51-11)18-26(52-12)30(31)39;1-30(2,3)48-28(42)37(18-11-10-17(15-40)12-19(18)39(44)45)23-14-22(34-16-35-23)36(7)27(41)38(29(43)49-31(4,5)6)26-24(32)20(46-8)13-21(47-9)25(26)33/h15-19,21H,20H2,1-14H3;10-14,16,40H,15H2,1-9H3. The molecule has 0 bridgehead atoms. The molecule has 105 heavy (non-hydrogen) atoms. The van der Waals surface area contributed by atoms with Crippen LogP contribution >= 0.6 is 46.4 Å². The number of amides is 8. The number of halogens is 4. The number of methoxy groups -OCH3 is 4. The van der Waals surface area contributed by atoms with E-state index < -0.39 is 95.0 Å². The second-order valence-electron chi connectivity index (χ2n) is 28.3. The van der Waals surface area contributed by atoms with Crippen LogP contribution in [0.4, 0.5) is 86.2 Å². The lowest BCUT2D eigenvalue weighted by atomic mass is 10.1. The molecule has 0 saturated carbocycles. The summed E-state index contributed by atoms with van der Waals surface area (Å²) in [5.74, 6) is -0.699. The summed E-state index contributed by atoms with van der Waals surface area (Å²) < 4.78 is 50.0. The van der Waals surface area contributed by atoms with Gasteiger partial charge >= 0.3 is 36.4 Å². The normalized spacial score (nSPS) is 11.7. The van der Waals surface area contributed by atoms with E-state index in [0.717, 1.165) is 44.4 Å². The maximum atomic E-state index is 14.4. The van der Waals surface area contributed by atoms with E-state index in [1.54, 1.807) is 89.2 Å². The Balaban J connectivity index is 0.000000380. The number of nitrogens with zero attached hydrogens (tertiary/aromatic N) is 12. The van der Waals surface area contributed by atoms with Crippen LogP contribution in [0.25, 0.3) is 0 Å². The van der Waals surface area contributed by atoms with E-state index >= 15 is 0 Å². The van der Waals surface area contributed by atoms with Gasteiger partial charge in [0.1, 0.15) is 124 Å². The van der Waals surface area contributed by atoms with E-state index in [1.165, 1.54) is 85.0 Å². The zero-order valence-electron chi connectivity index (χ0n) is 62.4. The largest absolute Gasteiger partial charge is 0.495 e. The zero-order valence-corrected chi connectivity index (χ0v) is 66.4. The molecule has 0 unspecified atom stereocenters. The first-order valence-electron chi connectivity index (χ1n) is 31.7. The topological polar surface area (TPSA) is 363 Å². The number of urea groups is 2. The van der Waals surface area contributed by atoms with Gasteiger partial charge in [-0.1, -0.05) is 79.3 Å². The average Bonchev–Trinajstić information content (AvgIpc) is 0.777. The third kappa shape index (κ3) is 21.5. The highest BCUT2D eigenvalue weighted by Gasteiger charge is 2.42. The number of hydrogen-bond acceptors (Lipinski definition) is 24. The number of hydrogen-bond donors (Lipinski definition) is 1. The van der Waals surface area contributed by atoms with Crippen molar-refractivity contribution < 1.29 is 86.0 Å². The molecular formula is C68H86Cl4N12O20Si. The maximum absolute atomic E-state index is 14.4. The van der Waals surface area contributed by atoms with Gasteiger partial charge in [-0.05, 0) is 124 Å². The van der Waals surface area contributed by atoms with E-state index in [9.17, 15) is 54.1 Å². The molecule has 6 aromatic rings. The highest BCUT2D eigenvalue weighted by atomic mass is 35.5. The molecule has 6 rings (SSSR count). The maximum Gasteiger partial charge on any atom is 0.423 e. The van der Waals surface area contributed by atoms with Crippen molar-refractivity contribution in [1.82, 2.24) is 19.9 Å². The van der Waals surface area contributed by atoms with Crippen LogP contribution in [0.1, 0.15) is 115 Å². The summed E-state index contributed by atoms with van der Waals surface area (Å²) in [7, 11) is 5.58. The molecule has 32 nitrogen and oxygen atoms in total. The zero-order chi connectivity index (χ0) is 79.7. The number of ether oxygens (including phenoxy) is 8. The molecule has 0 spiro atoms. The molecule has 1 N–H and O–H groups in total. The van der Waals surface area contributed by atoms with Gasteiger partial charge in [-0.2, -0.15) is 9.80 Å². The van der Waals surface area contributed by atoms with Crippen LogP contribution in [-0.4, -0.2) is 145 Å². The van der Waals surface area contributed by atoms with Crippen molar-refractivity contribution in [1.29, 1.82) is 0 Å². The minimum absolute atomic E-state index is 0.0214. The van der Waals surface area contributed by atoms with Gasteiger partial charge in [0.2, 0.25) is 0 Å². The number of imide groups is 2. The minimum Gasteiger partial charge on any atom is -0.495 e. The molecule has 2 heterocycles. The number of aliphatic hydroxyl groups excluding tert-OH is 1. The van der Waals surface area contributed by atoms with Crippen LogP contribution in [0.3, 0.4) is 0 Å². The van der Waals surface area contributed by atoms with Crippen LogP contribution in [0, 0.1) is 20.2 Å². The van der Waals surface area contributed by atoms with Gasteiger partial charge in [0.15, 0.2) is 8.32 Å². The number of carbonyl (C=O) groups is 6. The second-order valence-corrected chi connectivity index (χ2v) is 34.6. The smallest absolute Gasteiger partial charge is 0.423 e. The molecule has 0 aliphatic heterocycles. The predicted octanol–water partition coefficient (Wildman–Crippen LogP) is 17.6. The molecule has 2 aromatic heterocycles. The molecule has 0 fully saturated rings. The van der Waals surface area contributed by atoms with Crippen LogP contribution in [-0.2, 0) is 36.6 Å². The Morgan fingerprint density at radius 2 is 0.762 bits per heavy atom. The monoisotopic (exact) mass is 1560 g/mol. The van der Waals surface area contributed by atoms with Gasteiger partial charge in [0.25, 0.3) is 11.4 Å². The molecule has 0 atom stereocenters. The van der Waals surface area contributed by atoms with Gasteiger partial charge in [-0.3, -0.25) is 30.0 Å². The Hall–Kier alpha value is -9.64. The number of nitro benzene ring substituents is 2. The molecule has 0 radical (unpaired) electrons. The van der Waals surface area contributed by atoms with Crippen molar-refractivity contribution in [3.05, 3.63) is 125 Å². The fourth-order valence-electron chi connectivity index (χ4n) is 8.79. The van der Waals surface area contributed by atoms with Crippen molar-refractivity contribution in [2.45, 2.75) is 158 Å². The summed E-state index contributed by atoms with van der Waals surface area (Å²) in [6.07, 6.45) is -2.37. The number of aliphatic hydroxyl groups is 1. The van der Waals surface area contributed by atoms with E-state index in [4.69, 9.17) is 88.7 Å². The second kappa shape index (κ2) is 34.1. The molecule has 8 amide bonds. The predicted molar refractivity (Wildman–Crippen MR) is 399 cm³/mol. The number of nitro groups is 2. The van der Waals surface area contributed by atoms with Gasteiger partial charge in [-0.15, -0.1) is 0 Å². The summed E-state index contributed by atoms with van der Waals surface area (Å²) >= 11 is 26.5. The quantitative estimate of drug-likeness (QED) is 0.0361. The van der Waals surface area contributed by atoms with Crippen LogP contribution in [0.5, 0.6) is 23.0 Å².